The van der Waals surface area contributed by atoms with Crippen molar-refractivity contribution >= 4 is 29.5 Å². The van der Waals surface area contributed by atoms with Gasteiger partial charge in [0.2, 0.25) is 11.8 Å². The van der Waals surface area contributed by atoms with Crippen molar-refractivity contribution in [3.05, 3.63) is 42.1 Å². The summed E-state index contributed by atoms with van der Waals surface area (Å²) in [5.41, 5.74) is -0.103. The van der Waals surface area contributed by atoms with Crippen LogP contribution in [0.5, 0.6) is 5.88 Å². The third kappa shape index (κ3) is 8.63. The number of carboxylic acids is 1. The van der Waals surface area contributed by atoms with E-state index in [9.17, 15) is 29.1 Å². The zero-order valence-electron chi connectivity index (χ0n) is 23.9. The molecule has 1 aliphatic heterocycles. The molecular formula is C29H38N4O8. The van der Waals surface area contributed by atoms with E-state index in [0.717, 1.165) is 0 Å². The summed E-state index contributed by atoms with van der Waals surface area (Å²) in [6, 6.07) is 9.16. The maximum Gasteiger partial charge on any atom is 0.309 e. The number of hydrogen-bond acceptors (Lipinski definition) is 8. The molecule has 1 saturated heterocycles. The molecule has 12 heteroatoms. The van der Waals surface area contributed by atoms with E-state index in [2.05, 4.69) is 10.4 Å². The number of nitrogens with one attached hydrogen (secondary N) is 1. The van der Waals surface area contributed by atoms with Crippen LogP contribution >= 0.6 is 0 Å². The monoisotopic (exact) mass is 570 g/mol. The van der Waals surface area contributed by atoms with Gasteiger partial charge in [-0.2, -0.15) is 5.10 Å². The molecule has 2 aromatic rings. The van der Waals surface area contributed by atoms with E-state index in [-0.39, 0.29) is 68.4 Å². The fourth-order valence-corrected chi connectivity index (χ4v) is 4.26. The summed E-state index contributed by atoms with van der Waals surface area (Å²) in [6.45, 7) is 7.68. The molecular weight excluding hydrogens is 532 g/mol. The van der Waals surface area contributed by atoms with Gasteiger partial charge in [0.15, 0.2) is 11.5 Å². The number of benzene rings is 1. The molecule has 0 spiro atoms. The lowest BCUT2D eigenvalue weighted by atomic mass is 9.91. The van der Waals surface area contributed by atoms with Crippen molar-refractivity contribution in [3.63, 3.8) is 0 Å². The minimum absolute atomic E-state index is 0.0683. The van der Waals surface area contributed by atoms with E-state index in [1.165, 1.54) is 15.6 Å². The normalized spacial score (nSPS) is 14.7. The summed E-state index contributed by atoms with van der Waals surface area (Å²) in [5.74, 6) is -2.83. The van der Waals surface area contributed by atoms with E-state index in [1.54, 1.807) is 52.0 Å². The van der Waals surface area contributed by atoms with Gasteiger partial charge in [0.25, 0.3) is 5.91 Å². The molecule has 0 radical (unpaired) electrons. The third-order valence-electron chi connectivity index (χ3n) is 6.77. The molecule has 2 heterocycles. The zero-order valence-corrected chi connectivity index (χ0v) is 23.9. The van der Waals surface area contributed by atoms with E-state index >= 15 is 0 Å². The van der Waals surface area contributed by atoms with Crippen LogP contribution in [0.4, 0.5) is 0 Å². The molecule has 0 saturated carbocycles. The number of carbonyl (C=O) groups is 5. The van der Waals surface area contributed by atoms with E-state index in [4.69, 9.17) is 9.47 Å². The highest BCUT2D eigenvalue weighted by Crippen LogP contribution is 2.23. The lowest BCUT2D eigenvalue weighted by molar-refractivity contribution is -0.151. The first kappa shape index (κ1) is 31.3. The number of carbonyl (C=O) groups excluding carboxylic acids is 4. The van der Waals surface area contributed by atoms with Gasteiger partial charge in [-0.25, -0.2) is 4.68 Å². The summed E-state index contributed by atoms with van der Waals surface area (Å²) in [7, 11) is 0. The lowest BCUT2D eigenvalue weighted by Gasteiger charge is -2.33. The van der Waals surface area contributed by atoms with Gasteiger partial charge in [0.05, 0.1) is 18.2 Å². The fourth-order valence-electron chi connectivity index (χ4n) is 4.26. The Labute approximate surface area is 239 Å². The minimum Gasteiger partial charge on any atom is -0.481 e. The third-order valence-corrected chi connectivity index (χ3v) is 6.77. The highest BCUT2D eigenvalue weighted by Gasteiger charge is 2.33. The first-order valence-electron chi connectivity index (χ1n) is 13.7. The second-order valence-corrected chi connectivity index (χ2v) is 10.9. The number of aromatic nitrogens is 2. The van der Waals surface area contributed by atoms with Gasteiger partial charge >= 0.3 is 11.9 Å². The maximum atomic E-state index is 13.4. The van der Waals surface area contributed by atoms with Crippen molar-refractivity contribution in [3.8, 4) is 11.6 Å². The molecule has 222 valence electrons. The Bertz CT molecular complexity index is 1240. The number of amides is 2. The number of nitrogens with zero attached hydrogens (tertiary/aromatic N) is 3. The number of para-hydroxylation sites is 1. The summed E-state index contributed by atoms with van der Waals surface area (Å²) < 4.78 is 12.2. The molecule has 3 rings (SSSR count). The Morgan fingerprint density at radius 1 is 1.10 bits per heavy atom. The molecule has 1 fully saturated rings. The van der Waals surface area contributed by atoms with Crippen LogP contribution in [-0.2, 0) is 23.9 Å². The predicted molar refractivity (Wildman–Crippen MR) is 148 cm³/mol. The number of aliphatic carboxylic acids is 1. The highest BCUT2D eigenvalue weighted by molar-refractivity contribution is 5.96. The zero-order chi connectivity index (χ0) is 30.2. The van der Waals surface area contributed by atoms with E-state index in [0.29, 0.717) is 18.5 Å². The number of likely N-dealkylation sites (tertiary alicyclic amines) is 1. The topological polar surface area (TPSA) is 157 Å². The van der Waals surface area contributed by atoms with Crippen molar-refractivity contribution in [1.82, 2.24) is 20.0 Å². The van der Waals surface area contributed by atoms with Crippen LogP contribution < -0.4 is 10.1 Å². The number of ether oxygens (including phenoxy) is 2. The van der Waals surface area contributed by atoms with Crippen LogP contribution in [0.15, 0.2) is 36.4 Å². The molecule has 41 heavy (non-hydrogen) atoms. The van der Waals surface area contributed by atoms with Crippen molar-refractivity contribution in [1.29, 1.82) is 0 Å². The van der Waals surface area contributed by atoms with Crippen molar-refractivity contribution in [2.75, 3.05) is 26.3 Å². The van der Waals surface area contributed by atoms with Crippen LogP contribution in [0.3, 0.4) is 0 Å². The highest BCUT2D eigenvalue weighted by atomic mass is 16.5. The van der Waals surface area contributed by atoms with Crippen molar-refractivity contribution in [2.24, 2.45) is 11.3 Å². The summed E-state index contributed by atoms with van der Waals surface area (Å²) >= 11 is 0. The number of piperidine rings is 1. The standard InChI is InChI=1S/C29H38N4O8/c1-5-40-28(39)19-13-15-32(16-14-19)27(38)21(11-12-25(35)36)30-26(37)22-17-24(41-18-23(34)29(2,3)4)33(31-22)20-9-7-6-8-10-20/h6-10,17,19,21H,5,11-16,18H2,1-4H3,(H,30,37)(H,35,36). The average molecular weight is 571 g/mol. The van der Waals surface area contributed by atoms with Crippen LogP contribution in [0.25, 0.3) is 5.69 Å². The van der Waals surface area contributed by atoms with Gasteiger partial charge in [-0.05, 0) is 38.3 Å². The van der Waals surface area contributed by atoms with Crippen molar-refractivity contribution < 1.29 is 38.6 Å². The van der Waals surface area contributed by atoms with Gasteiger partial charge in [0.1, 0.15) is 12.6 Å². The number of rotatable bonds is 12. The van der Waals surface area contributed by atoms with E-state index in [1.807, 2.05) is 6.07 Å². The summed E-state index contributed by atoms with van der Waals surface area (Å²) in [4.78, 5) is 64.0. The largest absolute Gasteiger partial charge is 0.481 e. The van der Waals surface area contributed by atoms with Crippen molar-refractivity contribution in [2.45, 2.75) is 59.4 Å². The first-order valence-corrected chi connectivity index (χ1v) is 13.7. The quantitative estimate of drug-likeness (QED) is 0.366. The molecule has 12 nitrogen and oxygen atoms in total. The number of ketones is 1. The first-order chi connectivity index (χ1) is 19.4. The van der Waals surface area contributed by atoms with Crippen LogP contribution in [0, 0.1) is 11.3 Å². The minimum atomic E-state index is -1.12. The summed E-state index contributed by atoms with van der Waals surface area (Å²) in [5, 5.41) is 16.2. The SMILES string of the molecule is CCOC(=O)C1CCN(C(=O)C(CCC(=O)O)NC(=O)c2cc(OCC(=O)C(C)(C)C)n(-c3ccccc3)n2)CC1. The molecule has 2 amide bonds. The molecule has 1 aromatic carbocycles. The summed E-state index contributed by atoms with van der Waals surface area (Å²) in [6.07, 6.45) is 0.373. The van der Waals surface area contributed by atoms with Gasteiger partial charge in [0, 0.05) is 31.0 Å². The smallest absolute Gasteiger partial charge is 0.309 e. The lowest BCUT2D eigenvalue weighted by Crippen LogP contribution is -2.51. The fraction of sp³-hybridized carbons (Fsp3) is 0.517. The van der Waals surface area contributed by atoms with Gasteiger partial charge in [-0.15, -0.1) is 0 Å². The molecule has 1 aromatic heterocycles. The number of Topliss-reactive ketones (excluding diaryl/α,β-unsaturated/α-hetero) is 1. The van der Waals surface area contributed by atoms with Gasteiger partial charge in [-0.3, -0.25) is 24.0 Å². The maximum absolute atomic E-state index is 13.4. The molecule has 1 unspecified atom stereocenters. The van der Waals surface area contributed by atoms with E-state index < -0.39 is 29.2 Å². The molecule has 2 N–H and O–H groups in total. The Balaban J connectivity index is 1.78. The Hall–Kier alpha value is -4.22. The Kier molecular flexibility index (Phi) is 10.6. The van der Waals surface area contributed by atoms with Crippen LogP contribution in [0.2, 0.25) is 0 Å². The number of esters is 1. The number of carboxylic acid groups (broad SMARTS) is 1. The molecule has 0 bridgehead atoms. The molecule has 0 aliphatic carbocycles. The second kappa shape index (κ2) is 13.9. The molecule has 1 atom stereocenters. The molecule has 1 aliphatic rings. The second-order valence-electron chi connectivity index (χ2n) is 10.9. The number of hydrogen-bond donors (Lipinski definition) is 2. The average Bonchev–Trinajstić information content (AvgIpc) is 3.38. The Morgan fingerprint density at radius 2 is 1.76 bits per heavy atom. The van der Waals surface area contributed by atoms with Gasteiger partial charge in [-0.1, -0.05) is 39.0 Å². The predicted octanol–water partition coefficient (Wildman–Crippen LogP) is 2.63. The van der Waals surface area contributed by atoms with Crippen LogP contribution in [-0.4, -0.2) is 81.7 Å². The van der Waals surface area contributed by atoms with Gasteiger partial charge < -0.3 is 24.8 Å². The van der Waals surface area contributed by atoms with Crippen LogP contribution in [0.1, 0.15) is 63.9 Å². The Morgan fingerprint density at radius 3 is 2.34 bits per heavy atom.